The van der Waals surface area contributed by atoms with E-state index in [1.54, 1.807) is 20.8 Å². The molecule has 1 aliphatic heterocycles. The molecule has 0 spiro atoms. The van der Waals surface area contributed by atoms with E-state index < -0.39 is 23.8 Å². The highest BCUT2D eigenvalue weighted by molar-refractivity contribution is 5.86. The zero-order valence-corrected chi connectivity index (χ0v) is 10.7. The topological polar surface area (TPSA) is 78.9 Å². The van der Waals surface area contributed by atoms with Gasteiger partial charge in [0.25, 0.3) is 0 Å². The van der Waals surface area contributed by atoms with E-state index in [2.05, 4.69) is 5.32 Å². The molecule has 1 aliphatic rings. The van der Waals surface area contributed by atoms with Gasteiger partial charge in [0, 0.05) is 13.5 Å². The van der Waals surface area contributed by atoms with E-state index >= 15 is 0 Å². The van der Waals surface area contributed by atoms with Crippen molar-refractivity contribution in [3.8, 4) is 0 Å². The minimum absolute atomic E-state index is 0.132. The maximum absolute atomic E-state index is 11.8. The quantitative estimate of drug-likeness (QED) is 0.686. The molecule has 6 nitrogen and oxygen atoms in total. The Morgan fingerprint density at radius 2 is 2.00 bits per heavy atom. The summed E-state index contributed by atoms with van der Waals surface area (Å²) in [7, 11) is 1.50. The number of nitrogens with zero attached hydrogens (tertiary/aromatic N) is 1. The summed E-state index contributed by atoms with van der Waals surface area (Å²) >= 11 is 0. The highest BCUT2D eigenvalue weighted by Gasteiger charge is 2.40. The zero-order valence-electron chi connectivity index (χ0n) is 10.7. The van der Waals surface area contributed by atoms with Gasteiger partial charge in [0.1, 0.15) is 11.6 Å². The molecule has 0 radical (unpaired) electrons. The lowest BCUT2D eigenvalue weighted by Crippen LogP contribution is -2.46. The van der Waals surface area contributed by atoms with Crippen molar-refractivity contribution in [3.05, 3.63) is 0 Å². The molecule has 1 heterocycles. The van der Waals surface area contributed by atoms with Crippen molar-refractivity contribution in [2.75, 3.05) is 13.6 Å². The largest absolute Gasteiger partial charge is 0.444 e. The van der Waals surface area contributed by atoms with Crippen LogP contribution in [-0.4, -0.2) is 53.3 Å². The number of nitrogens with one attached hydrogen (secondary N) is 1. The lowest BCUT2D eigenvalue weighted by molar-refractivity contribution is -0.125. The van der Waals surface area contributed by atoms with Crippen LogP contribution in [0.5, 0.6) is 0 Å². The van der Waals surface area contributed by atoms with Crippen molar-refractivity contribution >= 4 is 12.0 Å². The number of aliphatic hydroxyl groups excluding tert-OH is 1. The Morgan fingerprint density at radius 1 is 1.41 bits per heavy atom. The molecule has 0 saturated carbocycles. The van der Waals surface area contributed by atoms with Gasteiger partial charge >= 0.3 is 6.09 Å². The molecule has 2 atom stereocenters. The van der Waals surface area contributed by atoms with Crippen LogP contribution in [0.15, 0.2) is 0 Å². The van der Waals surface area contributed by atoms with Crippen molar-refractivity contribution in [1.82, 2.24) is 10.2 Å². The van der Waals surface area contributed by atoms with E-state index in [-0.39, 0.29) is 18.9 Å². The Labute approximate surface area is 101 Å². The van der Waals surface area contributed by atoms with Crippen LogP contribution in [0.25, 0.3) is 0 Å². The standard InChI is InChI=1S/C11H20N2O4/c1-11(2,3)17-10(16)13-6-7(14)5-8(13)9(15)12-4/h7-8,14H,5-6H2,1-4H3,(H,12,15)/t7-,8+/m1/s1. The van der Waals surface area contributed by atoms with Gasteiger partial charge in [0.15, 0.2) is 0 Å². The average Bonchev–Trinajstić information content (AvgIpc) is 2.56. The third kappa shape index (κ3) is 3.59. The minimum atomic E-state index is -0.676. The number of amides is 2. The first-order valence-electron chi connectivity index (χ1n) is 5.64. The Morgan fingerprint density at radius 3 is 2.47 bits per heavy atom. The minimum Gasteiger partial charge on any atom is -0.444 e. The van der Waals surface area contributed by atoms with Crippen LogP contribution in [0.3, 0.4) is 0 Å². The molecule has 1 rings (SSSR count). The monoisotopic (exact) mass is 244 g/mol. The fraction of sp³-hybridized carbons (Fsp3) is 0.818. The van der Waals surface area contributed by atoms with Crippen molar-refractivity contribution in [1.29, 1.82) is 0 Å². The second-order valence-electron chi connectivity index (χ2n) is 5.15. The first kappa shape index (κ1) is 13.8. The summed E-state index contributed by atoms with van der Waals surface area (Å²) in [5.74, 6) is -0.285. The summed E-state index contributed by atoms with van der Waals surface area (Å²) in [5.41, 5.74) is -0.613. The Balaban J connectivity index is 2.73. The van der Waals surface area contributed by atoms with Gasteiger partial charge in [-0.1, -0.05) is 0 Å². The summed E-state index contributed by atoms with van der Waals surface area (Å²) in [6.45, 7) is 5.40. The summed E-state index contributed by atoms with van der Waals surface area (Å²) < 4.78 is 5.19. The van der Waals surface area contributed by atoms with Crippen molar-refractivity contribution in [2.45, 2.75) is 44.9 Å². The Hall–Kier alpha value is -1.30. The van der Waals surface area contributed by atoms with Crippen LogP contribution >= 0.6 is 0 Å². The first-order valence-corrected chi connectivity index (χ1v) is 5.64. The molecule has 98 valence electrons. The van der Waals surface area contributed by atoms with E-state index in [0.717, 1.165) is 0 Å². The SMILES string of the molecule is CNC(=O)[C@@H]1C[C@@H](O)CN1C(=O)OC(C)(C)C. The second kappa shape index (κ2) is 4.91. The number of rotatable bonds is 1. The number of carbonyl (C=O) groups excluding carboxylic acids is 2. The van der Waals surface area contributed by atoms with Gasteiger partial charge in [-0.15, -0.1) is 0 Å². The number of β-amino-alcohol motifs (C(OH)–C–C–N with tert-alkyl or cyclic N) is 1. The Kier molecular flexibility index (Phi) is 3.98. The van der Waals surface area contributed by atoms with Crippen LogP contribution in [0.2, 0.25) is 0 Å². The molecule has 0 aromatic rings. The fourth-order valence-corrected chi connectivity index (χ4v) is 1.75. The summed E-state index contributed by atoms with van der Waals surface area (Å²) in [5, 5.41) is 12.0. The molecule has 0 bridgehead atoms. The van der Waals surface area contributed by atoms with E-state index in [9.17, 15) is 14.7 Å². The average molecular weight is 244 g/mol. The van der Waals surface area contributed by atoms with Crippen LogP contribution < -0.4 is 5.32 Å². The third-order valence-corrected chi connectivity index (χ3v) is 2.46. The number of carbonyl (C=O) groups is 2. The summed E-state index contributed by atoms with van der Waals surface area (Å²) in [4.78, 5) is 24.7. The molecule has 0 aliphatic carbocycles. The third-order valence-electron chi connectivity index (χ3n) is 2.46. The molecule has 6 heteroatoms. The molecular formula is C11H20N2O4. The molecular weight excluding hydrogens is 224 g/mol. The van der Waals surface area contributed by atoms with Gasteiger partial charge in [-0.3, -0.25) is 9.69 Å². The smallest absolute Gasteiger partial charge is 0.411 e. The fourth-order valence-electron chi connectivity index (χ4n) is 1.75. The number of ether oxygens (including phenoxy) is 1. The van der Waals surface area contributed by atoms with Gasteiger partial charge in [-0.25, -0.2) is 4.79 Å². The van der Waals surface area contributed by atoms with Crippen LogP contribution in [-0.2, 0) is 9.53 Å². The molecule has 2 N–H and O–H groups in total. The van der Waals surface area contributed by atoms with Gasteiger partial charge in [-0.2, -0.15) is 0 Å². The highest BCUT2D eigenvalue weighted by atomic mass is 16.6. The molecule has 17 heavy (non-hydrogen) atoms. The number of likely N-dealkylation sites (tertiary alicyclic amines) is 1. The van der Waals surface area contributed by atoms with Gasteiger partial charge in [0.2, 0.25) is 5.91 Å². The maximum Gasteiger partial charge on any atom is 0.411 e. The molecule has 1 fully saturated rings. The van der Waals surface area contributed by atoms with E-state index in [1.807, 2.05) is 0 Å². The number of hydrogen-bond donors (Lipinski definition) is 2. The van der Waals surface area contributed by atoms with Crippen molar-refractivity contribution in [2.24, 2.45) is 0 Å². The van der Waals surface area contributed by atoms with Crippen LogP contribution in [0.1, 0.15) is 27.2 Å². The molecule has 1 saturated heterocycles. The predicted octanol–water partition coefficient (Wildman–Crippen LogP) is 0.103. The molecule has 0 aromatic carbocycles. The Bertz CT molecular complexity index is 311. The van der Waals surface area contributed by atoms with Crippen LogP contribution in [0, 0.1) is 0 Å². The van der Waals surface area contributed by atoms with Crippen molar-refractivity contribution < 1.29 is 19.4 Å². The van der Waals surface area contributed by atoms with Gasteiger partial charge < -0.3 is 15.2 Å². The normalized spacial score (nSPS) is 24.6. The predicted molar refractivity (Wildman–Crippen MR) is 61.4 cm³/mol. The van der Waals surface area contributed by atoms with Crippen LogP contribution in [0.4, 0.5) is 4.79 Å². The van der Waals surface area contributed by atoms with E-state index in [0.29, 0.717) is 0 Å². The van der Waals surface area contributed by atoms with Crippen molar-refractivity contribution in [3.63, 3.8) is 0 Å². The summed E-state index contributed by atoms with van der Waals surface area (Å²) in [6, 6.07) is -0.648. The van der Waals surface area contributed by atoms with E-state index in [1.165, 1.54) is 11.9 Å². The van der Waals surface area contributed by atoms with Gasteiger partial charge in [-0.05, 0) is 20.8 Å². The lowest BCUT2D eigenvalue weighted by Gasteiger charge is -2.27. The number of aliphatic hydroxyl groups is 1. The van der Waals surface area contributed by atoms with Gasteiger partial charge in [0.05, 0.1) is 12.6 Å². The summed E-state index contributed by atoms with van der Waals surface area (Å²) in [6.07, 6.45) is -0.994. The second-order valence-corrected chi connectivity index (χ2v) is 5.15. The first-order chi connectivity index (χ1) is 7.74. The number of likely N-dealkylation sites (N-methyl/N-ethyl adjacent to an activating group) is 1. The number of hydrogen-bond acceptors (Lipinski definition) is 4. The lowest BCUT2D eigenvalue weighted by atomic mass is 10.2. The molecule has 0 unspecified atom stereocenters. The zero-order chi connectivity index (χ0) is 13.2. The molecule has 0 aromatic heterocycles. The highest BCUT2D eigenvalue weighted by Crippen LogP contribution is 2.21. The van der Waals surface area contributed by atoms with E-state index in [4.69, 9.17) is 4.74 Å². The maximum atomic E-state index is 11.8. The molecule has 2 amide bonds.